The van der Waals surface area contributed by atoms with Crippen molar-refractivity contribution in [3.05, 3.63) is 53.6 Å². The highest BCUT2D eigenvalue weighted by atomic mass is 79.9. The van der Waals surface area contributed by atoms with Gasteiger partial charge in [0.05, 0.1) is 0 Å². The molecule has 2 rings (SSSR count). The van der Waals surface area contributed by atoms with Gasteiger partial charge in [0.15, 0.2) is 0 Å². The largest absolute Gasteiger partial charge is 0.383 e. The van der Waals surface area contributed by atoms with Gasteiger partial charge in [-0.3, -0.25) is 0 Å². The van der Waals surface area contributed by atoms with Crippen molar-refractivity contribution in [3.8, 4) is 0 Å². The smallest absolute Gasteiger partial charge is 0.115 e. The molecule has 0 aliphatic carbocycles. The van der Waals surface area contributed by atoms with Gasteiger partial charge in [-0.05, 0) is 47.1 Å². The Morgan fingerprint density at radius 1 is 1.29 bits per heavy atom. The van der Waals surface area contributed by atoms with Crippen LogP contribution in [0.2, 0.25) is 5.02 Å². The molecule has 2 aromatic rings. The predicted molar refractivity (Wildman–Crippen MR) is 80.0 cm³/mol. The number of hydrogen-bond donors (Lipinski definition) is 1. The molecule has 1 unspecified atom stereocenters. The Kier molecular flexibility index (Phi) is 4.31. The van der Waals surface area contributed by atoms with E-state index in [9.17, 15) is 5.11 Å². The van der Waals surface area contributed by atoms with Crippen LogP contribution in [0, 0.1) is 6.92 Å². The number of aliphatic hydroxyl groups is 1. The number of hydrogen-bond acceptors (Lipinski definition) is 2. The third-order valence-corrected chi connectivity index (χ3v) is 5.42. The molecule has 1 heterocycles. The number of benzene rings is 1. The average Bonchev–Trinajstić information content (AvgIpc) is 2.62. The molecule has 0 fully saturated rings. The first-order valence-corrected chi connectivity index (χ1v) is 7.66. The fraction of sp³-hybridized carbons (Fsp3) is 0.167. The van der Waals surface area contributed by atoms with Gasteiger partial charge in [0.2, 0.25) is 0 Å². The summed E-state index contributed by atoms with van der Waals surface area (Å²) in [7, 11) is 0. The van der Waals surface area contributed by atoms with E-state index in [0.29, 0.717) is 5.02 Å². The van der Waals surface area contributed by atoms with Crippen LogP contribution in [-0.2, 0) is 0 Å². The second-order valence-corrected chi connectivity index (χ2v) is 7.09. The summed E-state index contributed by atoms with van der Waals surface area (Å²) < 4.78 is 1.92. The summed E-state index contributed by atoms with van der Waals surface area (Å²) in [6.07, 6.45) is -0.685. The van der Waals surface area contributed by atoms with Crippen LogP contribution in [0.5, 0.6) is 0 Å². The van der Waals surface area contributed by atoms with E-state index in [1.165, 1.54) is 0 Å². The predicted octanol–water partition coefficient (Wildman–Crippen LogP) is 5.32. The van der Waals surface area contributed by atoms with E-state index < -0.39 is 6.10 Å². The van der Waals surface area contributed by atoms with Crippen LogP contribution >= 0.6 is 54.8 Å². The van der Waals surface area contributed by atoms with Crippen molar-refractivity contribution in [2.75, 3.05) is 0 Å². The fourth-order valence-electron chi connectivity index (χ4n) is 1.49. The zero-order valence-electron chi connectivity index (χ0n) is 8.88. The summed E-state index contributed by atoms with van der Waals surface area (Å²) in [6.45, 7) is 2.01. The monoisotopic (exact) mass is 394 g/mol. The fourth-order valence-corrected chi connectivity index (χ4v) is 3.66. The van der Waals surface area contributed by atoms with Crippen molar-refractivity contribution in [2.45, 2.75) is 13.0 Å². The van der Waals surface area contributed by atoms with E-state index in [4.69, 9.17) is 11.6 Å². The van der Waals surface area contributed by atoms with E-state index >= 15 is 0 Å². The second kappa shape index (κ2) is 5.41. The molecule has 0 aliphatic rings. The van der Waals surface area contributed by atoms with E-state index in [2.05, 4.69) is 31.9 Å². The third-order valence-electron chi connectivity index (χ3n) is 2.40. The van der Waals surface area contributed by atoms with Crippen LogP contribution in [0.4, 0.5) is 0 Å². The third kappa shape index (κ3) is 2.93. The topological polar surface area (TPSA) is 20.2 Å². The lowest BCUT2D eigenvalue weighted by Gasteiger charge is -2.11. The van der Waals surface area contributed by atoms with E-state index in [-0.39, 0.29) is 0 Å². The van der Waals surface area contributed by atoms with Crippen LogP contribution in [0.25, 0.3) is 0 Å². The SMILES string of the molecule is Cc1sc(C(O)c2cc(Br)ccc2Cl)cc1Br. The Hall–Kier alpha value is 0.130. The van der Waals surface area contributed by atoms with Crippen molar-refractivity contribution < 1.29 is 5.11 Å². The van der Waals surface area contributed by atoms with E-state index in [0.717, 1.165) is 24.3 Å². The molecule has 0 amide bonds. The number of aliphatic hydroxyl groups excluding tert-OH is 1. The molecule has 1 atom stereocenters. The zero-order chi connectivity index (χ0) is 12.6. The van der Waals surface area contributed by atoms with Gasteiger partial charge in [0.1, 0.15) is 6.10 Å². The molecule has 0 radical (unpaired) electrons. The highest BCUT2D eigenvalue weighted by Gasteiger charge is 2.17. The van der Waals surface area contributed by atoms with Gasteiger partial charge in [-0.15, -0.1) is 11.3 Å². The van der Waals surface area contributed by atoms with Crippen LogP contribution in [-0.4, -0.2) is 5.11 Å². The van der Waals surface area contributed by atoms with Gasteiger partial charge in [-0.2, -0.15) is 0 Å². The summed E-state index contributed by atoms with van der Waals surface area (Å²) in [5.74, 6) is 0. The van der Waals surface area contributed by atoms with Crippen LogP contribution in [0.3, 0.4) is 0 Å². The van der Waals surface area contributed by atoms with Gasteiger partial charge in [-0.25, -0.2) is 0 Å². The molecule has 1 aromatic carbocycles. The molecule has 1 N–H and O–H groups in total. The van der Waals surface area contributed by atoms with Crippen molar-refractivity contribution in [3.63, 3.8) is 0 Å². The molecule has 5 heteroatoms. The molecule has 90 valence electrons. The Bertz CT molecular complexity index is 534. The maximum absolute atomic E-state index is 10.3. The normalized spacial score (nSPS) is 12.8. The second-order valence-electron chi connectivity index (χ2n) is 3.62. The minimum absolute atomic E-state index is 0.572. The van der Waals surface area contributed by atoms with Gasteiger partial charge >= 0.3 is 0 Å². The quantitative estimate of drug-likeness (QED) is 0.729. The Morgan fingerprint density at radius 2 is 2.00 bits per heavy atom. The number of rotatable bonds is 2. The van der Waals surface area contributed by atoms with Gasteiger partial charge in [-0.1, -0.05) is 27.5 Å². The summed E-state index contributed by atoms with van der Waals surface area (Å²) >= 11 is 14.5. The molecule has 17 heavy (non-hydrogen) atoms. The van der Waals surface area contributed by atoms with Crippen LogP contribution < -0.4 is 0 Å². The molecule has 0 bridgehead atoms. The summed E-state index contributed by atoms with van der Waals surface area (Å²) in [6, 6.07) is 7.41. The lowest BCUT2D eigenvalue weighted by molar-refractivity contribution is 0.224. The number of thiophene rings is 1. The van der Waals surface area contributed by atoms with Crippen LogP contribution in [0.1, 0.15) is 21.4 Å². The maximum atomic E-state index is 10.3. The maximum Gasteiger partial charge on any atom is 0.115 e. The minimum atomic E-state index is -0.685. The molecule has 0 saturated carbocycles. The average molecular weight is 397 g/mol. The zero-order valence-corrected chi connectivity index (χ0v) is 13.6. The molecule has 0 aliphatic heterocycles. The standard InChI is InChI=1S/C12H9Br2ClOS/c1-6-9(14)5-11(17-6)12(16)8-4-7(13)2-3-10(8)15/h2-5,12,16H,1H3. The first kappa shape index (κ1) is 13.6. The lowest BCUT2D eigenvalue weighted by Crippen LogP contribution is -1.98. The summed E-state index contributed by atoms with van der Waals surface area (Å²) in [5.41, 5.74) is 0.717. The Balaban J connectivity index is 2.42. The molecular weight excluding hydrogens is 387 g/mol. The Morgan fingerprint density at radius 3 is 2.59 bits per heavy atom. The van der Waals surface area contributed by atoms with Gasteiger partial charge in [0.25, 0.3) is 0 Å². The van der Waals surface area contributed by atoms with Crippen molar-refractivity contribution in [2.24, 2.45) is 0 Å². The van der Waals surface area contributed by atoms with Crippen molar-refractivity contribution in [1.82, 2.24) is 0 Å². The van der Waals surface area contributed by atoms with E-state index in [1.807, 2.05) is 25.1 Å². The number of halogens is 3. The molecule has 0 saturated heterocycles. The highest BCUT2D eigenvalue weighted by molar-refractivity contribution is 9.10. The highest BCUT2D eigenvalue weighted by Crippen LogP contribution is 2.36. The molecule has 0 spiro atoms. The first-order valence-electron chi connectivity index (χ1n) is 4.88. The van der Waals surface area contributed by atoms with Crippen molar-refractivity contribution in [1.29, 1.82) is 0 Å². The molecule has 1 nitrogen and oxygen atoms in total. The van der Waals surface area contributed by atoms with Crippen LogP contribution in [0.15, 0.2) is 33.2 Å². The summed E-state index contributed by atoms with van der Waals surface area (Å²) in [5, 5.41) is 10.9. The molecule has 1 aromatic heterocycles. The summed E-state index contributed by atoms with van der Waals surface area (Å²) in [4.78, 5) is 2.03. The molecular formula is C12H9Br2ClOS. The van der Waals surface area contributed by atoms with Crippen molar-refractivity contribution >= 4 is 54.8 Å². The number of aryl methyl sites for hydroxylation is 1. The van der Waals surface area contributed by atoms with E-state index in [1.54, 1.807) is 17.4 Å². The van der Waals surface area contributed by atoms with Gasteiger partial charge in [0, 0.05) is 29.3 Å². The minimum Gasteiger partial charge on any atom is -0.383 e. The Labute approximate surface area is 126 Å². The lowest BCUT2D eigenvalue weighted by atomic mass is 10.1. The first-order chi connectivity index (χ1) is 7.99. The van der Waals surface area contributed by atoms with Gasteiger partial charge < -0.3 is 5.11 Å².